The number of nitrogens with zero attached hydrogens (tertiary/aromatic N) is 4. The quantitative estimate of drug-likeness (QED) is 0.918. The van der Waals surface area contributed by atoms with Crippen LogP contribution in [-0.2, 0) is 6.54 Å². The van der Waals surface area contributed by atoms with E-state index in [1.165, 1.54) is 5.01 Å². The van der Waals surface area contributed by atoms with E-state index in [-0.39, 0.29) is 0 Å². The van der Waals surface area contributed by atoms with Crippen LogP contribution in [0.4, 0.5) is 11.5 Å². The van der Waals surface area contributed by atoms with Crippen molar-refractivity contribution >= 4 is 22.8 Å². The Morgan fingerprint density at radius 2 is 2.00 bits per heavy atom. The third kappa shape index (κ3) is 2.85. The number of rotatable bonds is 3. The van der Waals surface area contributed by atoms with E-state index in [2.05, 4.69) is 19.8 Å². The molecule has 100 valence electrons. The predicted octanol–water partition coefficient (Wildman–Crippen LogP) is 1.44. The zero-order valence-electron chi connectivity index (χ0n) is 10.7. The molecule has 0 amide bonds. The zero-order chi connectivity index (χ0) is 13.1. The molecule has 0 radical (unpaired) electrons. The Morgan fingerprint density at radius 1 is 1.16 bits per heavy atom. The van der Waals surface area contributed by atoms with E-state index < -0.39 is 0 Å². The van der Waals surface area contributed by atoms with Crippen molar-refractivity contribution in [3.05, 3.63) is 34.9 Å². The fraction of sp³-hybridized carbons (Fsp3) is 0.385. The second kappa shape index (κ2) is 5.54. The molecule has 0 aliphatic carbocycles. The normalized spacial score (nSPS) is 16.7. The lowest BCUT2D eigenvalue weighted by Crippen LogP contribution is -2.46. The largest absolute Gasteiger partial charge is 0.396 e. The summed E-state index contributed by atoms with van der Waals surface area (Å²) in [6, 6.07) is 3.78. The van der Waals surface area contributed by atoms with Crippen LogP contribution in [0.2, 0.25) is 0 Å². The van der Waals surface area contributed by atoms with Crippen LogP contribution in [0.15, 0.2) is 29.9 Å². The highest BCUT2D eigenvalue weighted by Gasteiger charge is 2.19. The number of anilines is 2. The van der Waals surface area contributed by atoms with Crippen molar-refractivity contribution in [3.8, 4) is 0 Å². The van der Waals surface area contributed by atoms with Crippen molar-refractivity contribution in [2.24, 2.45) is 0 Å². The number of hydrogen-bond acceptors (Lipinski definition) is 6. The minimum absolute atomic E-state index is 0.760. The molecule has 5 nitrogen and oxygen atoms in total. The average Bonchev–Trinajstić information content (AvgIpc) is 2.93. The molecule has 0 spiro atoms. The lowest BCUT2D eigenvalue weighted by atomic mass is 10.3. The van der Waals surface area contributed by atoms with Crippen molar-refractivity contribution in [1.29, 1.82) is 0 Å². The maximum atomic E-state index is 5.97. The van der Waals surface area contributed by atoms with Gasteiger partial charge in [0.15, 0.2) is 5.82 Å². The second-order valence-corrected chi connectivity index (χ2v) is 5.58. The van der Waals surface area contributed by atoms with Gasteiger partial charge in [-0.05, 0) is 12.1 Å². The van der Waals surface area contributed by atoms with Crippen LogP contribution < -0.4 is 10.6 Å². The molecule has 1 aliphatic heterocycles. The van der Waals surface area contributed by atoms with Gasteiger partial charge in [-0.1, -0.05) is 0 Å². The summed E-state index contributed by atoms with van der Waals surface area (Å²) >= 11 is 1.72. The van der Waals surface area contributed by atoms with Gasteiger partial charge in [0.25, 0.3) is 0 Å². The molecule has 2 aromatic rings. The first-order valence-electron chi connectivity index (χ1n) is 6.39. The second-order valence-electron chi connectivity index (χ2n) is 4.61. The van der Waals surface area contributed by atoms with Crippen molar-refractivity contribution in [2.45, 2.75) is 6.54 Å². The van der Waals surface area contributed by atoms with E-state index in [4.69, 9.17) is 5.73 Å². The van der Waals surface area contributed by atoms with Gasteiger partial charge in [0.2, 0.25) is 0 Å². The maximum absolute atomic E-state index is 5.97. The van der Waals surface area contributed by atoms with Gasteiger partial charge in [-0.3, -0.25) is 4.90 Å². The molecule has 0 unspecified atom stereocenters. The summed E-state index contributed by atoms with van der Waals surface area (Å²) in [7, 11) is 0. The van der Waals surface area contributed by atoms with Gasteiger partial charge in [-0.2, -0.15) is 0 Å². The molecule has 0 saturated carbocycles. The van der Waals surface area contributed by atoms with Gasteiger partial charge in [0, 0.05) is 44.0 Å². The van der Waals surface area contributed by atoms with Crippen LogP contribution in [0.25, 0.3) is 0 Å². The fourth-order valence-electron chi connectivity index (χ4n) is 2.31. The Morgan fingerprint density at radius 3 is 2.68 bits per heavy atom. The first-order chi connectivity index (χ1) is 9.33. The van der Waals surface area contributed by atoms with E-state index in [0.717, 1.165) is 44.2 Å². The Bertz CT molecular complexity index is 520. The van der Waals surface area contributed by atoms with Crippen LogP contribution >= 0.6 is 11.3 Å². The monoisotopic (exact) mass is 275 g/mol. The minimum Gasteiger partial charge on any atom is -0.396 e. The molecule has 1 saturated heterocycles. The molecule has 2 aromatic heterocycles. The first kappa shape index (κ1) is 12.4. The van der Waals surface area contributed by atoms with Gasteiger partial charge in [-0.25, -0.2) is 9.97 Å². The van der Waals surface area contributed by atoms with E-state index >= 15 is 0 Å². The van der Waals surface area contributed by atoms with Crippen LogP contribution in [0.5, 0.6) is 0 Å². The summed E-state index contributed by atoms with van der Waals surface area (Å²) in [6.45, 7) is 4.92. The van der Waals surface area contributed by atoms with Crippen LogP contribution in [0.1, 0.15) is 5.01 Å². The van der Waals surface area contributed by atoms with E-state index in [1.807, 2.05) is 23.7 Å². The van der Waals surface area contributed by atoms with Crippen molar-refractivity contribution in [1.82, 2.24) is 14.9 Å². The van der Waals surface area contributed by atoms with Crippen molar-refractivity contribution in [2.75, 3.05) is 36.8 Å². The first-order valence-corrected chi connectivity index (χ1v) is 7.27. The zero-order valence-corrected chi connectivity index (χ0v) is 11.5. The van der Waals surface area contributed by atoms with Crippen LogP contribution in [0, 0.1) is 0 Å². The number of piperazine rings is 1. The molecule has 2 N–H and O–H groups in total. The molecule has 0 aromatic carbocycles. The molecule has 19 heavy (non-hydrogen) atoms. The molecular formula is C13H17N5S. The molecular weight excluding hydrogens is 258 g/mol. The summed E-state index contributed by atoms with van der Waals surface area (Å²) in [5.74, 6) is 0.913. The number of pyridine rings is 1. The average molecular weight is 275 g/mol. The van der Waals surface area contributed by atoms with Gasteiger partial charge in [0.05, 0.1) is 12.2 Å². The van der Waals surface area contributed by atoms with Crippen molar-refractivity contribution in [3.63, 3.8) is 0 Å². The van der Waals surface area contributed by atoms with Gasteiger partial charge >= 0.3 is 0 Å². The predicted molar refractivity (Wildman–Crippen MR) is 78.3 cm³/mol. The van der Waals surface area contributed by atoms with E-state index in [0.29, 0.717) is 0 Å². The van der Waals surface area contributed by atoms with Gasteiger partial charge in [-0.15, -0.1) is 11.3 Å². The lowest BCUT2D eigenvalue weighted by Gasteiger charge is -2.35. The Kier molecular flexibility index (Phi) is 3.61. The molecule has 3 heterocycles. The smallest absolute Gasteiger partial charge is 0.151 e. The number of nitrogens with two attached hydrogens (primary N) is 1. The maximum Gasteiger partial charge on any atom is 0.151 e. The summed E-state index contributed by atoms with van der Waals surface area (Å²) in [4.78, 5) is 13.4. The molecule has 0 atom stereocenters. The van der Waals surface area contributed by atoms with E-state index in [1.54, 1.807) is 17.5 Å². The topological polar surface area (TPSA) is 58.3 Å². The molecule has 1 fully saturated rings. The highest BCUT2D eigenvalue weighted by molar-refractivity contribution is 7.09. The SMILES string of the molecule is Nc1cccnc1N1CCN(Cc2nccs2)CC1. The van der Waals surface area contributed by atoms with Crippen molar-refractivity contribution < 1.29 is 0 Å². The summed E-state index contributed by atoms with van der Waals surface area (Å²) < 4.78 is 0. The highest BCUT2D eigenvalue weighted by atomic mass is 32.1. The Hall–Kier alpha value is -1.66. The molecule has 0 bridgehead atoms. The van der Waals surface area contributed by atoms with Gasteiger partial charge < -0.3 is 10.6 Å². The standard InChI is InChI=1S/C13H17N5S/c14-11-2-1-3-16-13(11)18-7-5-17(6-8-18)10-12-15-4-9-19-12/h1-4,9H,5-8,10,14H2. The minimum atomic E-state index is 0.760. The number of hydrogen-bond donors (Lipinski definition) is 1. The number of nitrogen functional groups attached to an aromatic ring is 1. The molecule has 6 heteroatoms. The number of thiazole rings is 1. The van der Waals surface area contributed by atoms with Crippen LogP contribution in [-0.4, -0.2) is 41.0 Å². The summed E-state index contributed by atoms with van der Waals surface area (Å²) in [5.41, 5.74) is 6.73. The van der Waals surface area contributed by atoms with Crippen LogP contribution in [0.3, 0.4) is 0 Å². The third-order valence-electron chi connectivity index (χ3n) is 3.33. The lowest BCUT2D eigenvalue weighted by molar-refractivity contribution is 0.249. The Balaban J connectivity index is 1.59. The fourth-order valence-corrected chi connectivity index (χ4v) is 2.97. The van der Waals surface area contributed by atoms with Gasteiger partial charge in [0.1, 0.15) is 5.01 Å². The van der Waals surface area contributed by atoms with E-state index in [9.17, 15) is 0 Å². The molecule has 1 aliphatic rings. The Labute approximate surface area is 116 Å². The number of aromatic nitrogens is 2. The highest BCUT2D eigenvalue weighted by Crippen LogP contribution is 2.21. The summed E-state index contributed by atoms with van der Waals surface area (Å²) in [5, 5.41) is 3.21. The third-order valence-corrected chi connectivity index (χ3v) is 4.10. The summed E-state index contributed by atoms with van der Waals surface area (Å²) in [6.07, 6.45) is 3.67. The molecule has 3 rings (SSSR count).